The lowest BCUT2D eigenvalue weighted by Crippen LogP contribution is -2.36. The van der Waals surface area contributed by atoms with Crippen LogP contribution in [-0.2, 0) is 4.79 Å². The highest BCUT2D eigenvalue weighted by Crippen LogP contribution is 2.68. The van der Waals surface area contributed by atoms with E-state index in [0.29, 0.717) is 34.8 Å². The number of rotatable bonds is 5. The van der Waals surface area contributed by atoms with Crippen molar-refractivity contribution in [2.24, 2.45) is 11.3 Å². The first-order chi connectivity index (χ1) is 16.0. The Morgan fingerprint density at radius 3 is 2.76 bits per heavy atom. The Labute approximate surface area is 186 Å². The van der Waals surface area contributed by atoms with Gasteiger partial charge in [0.05, 0.1) is 36.3 Å². The van der Waals surface area contributed by atoms with E-state index in [2.05, 4.69) is 40.5 Å². The number of aromatic nitrogens is 9. The average Bonchev–Trinajstić information content (AvgIpc) is 3.10. The van der Waals surface area contributed by atoms with E-state index < -0.39 is 23.7 Å². The SMILES string of the molecule is CNc1nc(-n2cc(-c3cnccn3)nn2)nc2c1ncn2[C@H]1C(O)C(O)[C@]2(C(C)=O)CC12. The molecule has 2 saturated carbocycles. The molecule has 13 nitrogen and oxygen atoms in total. The molecule has 6 rings (SSSR count). The molecule has 0 bridgehead atoms. The fraction of sp³-hybridized carbons (Fsp3) is 0.400. The van der Waals surface area contributed by atoms with Gasteiger partial charge in [0, 0.05) is 19.4 Å². The van der Waals surface area contributed by atoms with E-state index in [1.165, 1.54) is 11.6 Å². The normalized spacial score (nSPS) is 28.1. The first kappa shape index (κ1) is 19.8. The molecule has 2 aliphatic carbocycles. The van der Waals surface area contributed by atoms with Gasteiger partial charge in [-0.1, -0.05) is 5.21 Å². The minimum atomic E-state index is -1.13. The lowest BCUT2D eigenvalue weighted by Gasteiger charge is -2.23. The third-order valence-corrected chi connectivity index (χ3v) is 6.82. The molecule has 0 radical (unpaired) electrons. The Morgan fingerprint density at radius 1 is 1.21 bits per heavy atom. The van der Waals surface area contributed by atoms with Gasteiger partial charge in [-0.15, -0.1) is 5.10 Å². The number of Topliss-reactive ketones (excluding diaryl/α,β-unsaturated/α-hetero) is 1. The summed E-state index contributed by atoms with van der Waals surface area (Å²) < 4.78 is 3.14. The average molecular weight is 448 g/mol. The Kier molecular flexibility index (Phi) is 4.10. The summed E-state index contributed by atoms with van der Waals surface area (Å²) >= 11 is 0. The predicted molar refractivity (Wildman–Crippen MR) is 113 cm³/mol. The van der Waals surface area contributed by atoms with Crippen LogP contribution in [0.4, 0.5) is 5.82 Å². The van der Waals surface area contributed by atoms with E-state index in [0.717, 1.165) is 0 Å². The van der Waals surface area contributed by atoms with Crippen LogP contribution in [0.15, 0.2) is 31.1 Å². The van der Waals surface area contributed by atoms with Crippen LogP contribution >= 0.6 is 0 Å². The minimum absolute atomic E-state index is 0.114. The van der Waals surface area contributed by atoms with Crippen molar-refractivity contribution >= 4 is 22.8 Å². The Balaban J connectivity index is 1.45. The number of anilines is 1. The van der Waals surface area contributed by atoms with Gasteiger partial charge in [0.2, 0.25) is 0 Å². The molecule has 4 aromatic rings. The molecule has 5 atom stereocenters. The summed E-state index contributed by atoms with van der Waals surface area (Å²) in [6, 6.07) is -0.535. The summed E-state index contributed by atoms with van der Waals surface area (Å²) in [6.07, 6.45) is 6.19. The molecule has 0 saturated heterocycles. The van der Waals surface area contributed by atoms with E-state index in [9.17, 15) is 15.0 Å². The molecular formula is C20H20N10O3. The maximum Gasteiger partial charge on any atom is 0.256 e. The number of carbonyl (C=O) groups is 1. The predicted octanol–water partition coefficient (Wildman–Crippen LogP) is -0.223. The number of carbonyl (C=O) groups excluding carboxylic acids is 1. The van der Waals surface area contributed by atoms with Gasteiger partial charge in [-0.25, -0.2) is 4.98 Å². The Bertz CT molecular complexity index is 1390. The number of nitrogens with one attached hydrogen (secondary N) is 1. The molecule has 0 aromatic carbocycles. The summed E-state index contributed by atoms with van der Waals surface area (Å²) in [5.41, 5.74) is 1.10. The van der Waals surface area contributed by atoms with E-state index in [1.807, 2.05) is 0 Å². The molecule has 33 heavy (non-hydrogen) atoms. The van der Waals surface area contributed by atoms with Crippen LogP contribution in [0.5, 0.6) is 0 Å². The van der Waals surface area contributed by atoms with Crippen molar-refractivity contribution in [3.8, 4) is 17.3 Å². The van der Waals surface area contributed by atoms with Crippen molar-refractivity contribution in [3.05, 3.63) is 31.1 Å². The van der Waals surface area contributed by atoms with Gasteiger partial charge in [0.15, 0.2) is 17.0 Å². The van der Waals surface area contributed by atoms with Crippen LogP contribution in [0.2, 0.25) is 0 Å². The molecule has 13 heteroatoms. The molecule has 0 aliphatic heterocycles. The highest BCUT2D eigenvalue weighted by molar-refractivity contribution is 5.88. The number of hydrogen-bond donors (Lipinski definition) is 3. The first-order valence-electron chi connectivity index (χ1n) is 10.4. The van der Waals surface area contributed by atoms with E-state index >= 15 is 0 Å². The largest absolute Gasteiger partial charge is 0.389 e. The van der Waals surface area contributed by atoms with Crippen LogP contribution in [0.1, 0.15) is 19.4 Å². The van der Waals surface area contributed by atoms with Gasteiger partial charge in [0.1, 0.15) is 23.3 Å². The number of imidazole rings is 1. The molecule has 4 heterocycles. The second-order valence-electron chi connectivity index (χ2n) is 8.42. The summed E-state index contributed by atoms with van der Waals surface area (Å²) in [4.78, 5) is 34.1. The van der Waals surface area contributed by atoms with Crippen molar-refractivity contribution < 1.29 is 15.0 Å². The standard InChI is InChI=1S/C20H20N10O3/c1-9(31)20-5-10(20)14(15(32)16(20)33)29-8-24-13-17(21-2)25-19(26-18(13)29)30-7-12(27-28-30)11-6-22-3-4-23-11/h3-4,6-8,10,14-16,32-33H,5H2,1-2H3,(H,21,25,26)/t10?,14-,15?,16?,20+/m1/s1. The summed E-state index contributed by atoms with van der Waals surface area (Å²) in [5, 5.41) is 32.7. The summed E-state index contributed by atoms with van der Waals surface area (Å²) in [5.74, 6) is 0.393. The van der Waals surface area contributed by atoms with Crippen molar-refractivity contribution in [3.63, 3.8) is 0 Å². The van der Waals surface area contributed by atoms with Gasteiger partial charge in [-0.3, -0.25) is 14.8 Å². The molecule has 168 valence electrons. The molecule has 3 N–H and O–H groups in total. The number of nitrogens with zero attached hydrogens (tertiary/aromatic N) is 9. The fourth-order valence-corrected chi connectivity index (χ4v) is 5.08. The maximum absolute atomic E-state index is 12.2. The molecule has 3 unspecified atom stereocenters. The Hall–Kier alpha value is -3.84. The third kappa shape index (κ3) is 2.66. The topological polar surface area (TPSA) is 170 Å². The summed E-state index contributed by atoms with van der Waals surface area (Å²) in [6.45, 7) is 1.46. The number of aliphatic hydroxyl groups is 2. The molecule has 4 aromatic heterocycles. The third-order valence-electron chi connectivity index (χ3n) is 6.82. The Morgan fingerprint density at radius 2 is 2.06 bits per heavy atom. The van der Waals surface area contributed by atoms with E-state index in [-0.39, 0.29) is 17.6 Å². The van der Waals surface area contributed by atoms with Crippen molar-refractivity contribution in [1.29, 1.82) is 0 Å². The molecule has 0 spiro atoms. The molecular weight excluding hydrogens is 428 g/mol. The fourth-order valence-electron chi connectivity index (χ4n) is 5.08. The molecule has 0 amide bonds. The van der Waals surface area contributed by atoms with E-state index in [4.69, 9.17) is 0 Å². The van der Waals surface area contributed by atoms with Crippen LogP contribution in [-0.4, -0.2) is 79.7 Å². The van der Waals surface area contributed by atoms with Crippen LogP contribution in [0.3, 0.4) is 0 Å². The zero-order valence-electron chi connectivity index (χ0n) is 17.7. The number of hydrogen-bond acceptors (Lipinski definition) is 11. The van der Waals surface area contributed by atoms with Crippen molar-refractivity contribution in [2.45, 2.75) is 31.6 Å². The lowest BCUT2D eigenvalue weighted by atomic mass is 9.95. The number of fused-ring (bicyclic) bond motifs is 2. The van der Waals surface area contributed by atoms with Gasteiger partial charge in [-0.2, -0.15) is 14.6 Å². The van der Waals surface area contributed by atoms with Gasteiger partial charge < -0.3 is 20.1 Å². The zero-order chi connectivity index (χ0) is 22.9. The zero-order valence-corrected chi connectivity index (χ0v) is 17.7. The smallest absolute Gasteiger partial charge is 0.256 e. The number of ketones is 1. The number of aliphatic hydroxyl groups excluding tert-OH is 2. The van der Waals surface area contributed by atoms with Crippen LogP contribution in [0, 0.1) is 11.3 Å². The second-order valence-corrected chi connectivity index (χ2v) is 8.42. The van der Waals surface area contributed by atoms with Crippen LogP contribution in [0.25, 0.3) is 28.5 Å². The highest BCUT2D eigenvalue weighted by Gasteiger charge is 2.74. The van der Waals surface area contributed by atoms with Gasteiger partial charge in [0.25, 0.3) is 5.95 Å². The molecule has 2 aliphatic rings. The second kappa shape index (κ2) is 6.83. The maximum atomic E-state index is 12.2. The van der Waals surface area contributed by atoms with Crippen molar-refractivity contribution in [1.82, 2.24) is 44.5 Å². The van der Waals surface area contributed by atoms with Gasteiger partial charge in [-0.05, 0) is 19.3 Å². The minimum Gasteiger partial charge on any atom is -0.389 e. The lowest BCUT2D eigenvalue weighted by molar-refractivity contribution is -0.128. The van der Waals surface area contributed by atoms with Crippen molar-refractivity contribution in [2.75, 3.05) is 12.4 Å². The van der Waals surface area contributed by atoms with Gasteiger partial charge >= 0.3 is 0 Å². The van der Waals surface area contributed by atoms with E-state index in [1.54, 1.807) is 42.7 Å². The molecule has 2 fully saturated rings. The monoisotopic (exact) mass is 448 g/mol. The van der Waals surface area contributed by atoms with Crippen LogP contribution < -0.4 is 5.32 Å². The quantitative estimate of drug-likeness (QED) is 0.369. The summed E-state index contributed by atoms with van der Waals surface area (Å²) in [7, 11) is 1.72. The first-order valence-corrected chi connectivity index (χ1v) is 10.4. The highest BCUT2D eigenvalue weighted by atomic mass is 16.3.